The lowest BCUT2D eigenvalue weighted by molar-refractivity contribution is -0.124. The third-order valence-electron chi connectivity index (χ3n) is 5.31. The van der Waals surface area contributed by atoms with Crippen molar-refractivity contribution >= 4 is 12.0 Å². The molecule has 1 aliphatic heterocycles. The number of hydrogen-bond donors (Lipinski definition) is 2. The van der Waals surface area contributed by atoms with E-state index < -0.39 is 5.91 Å². The summed E-state index contributed by atoms with van der Waals surface area (Å²) in [6.07, 6.45) is 5.96. The Kier molecular flexibility index (Phi) is 6.32. The molecule has 2 N–H and O–H groups in total. The van der Waals surface area contributed by atoms with Crippen LogP contribution in [0.4, 0.5) is 0 Å². The van der Waals surface area contributed by atoms with Crippen molar-refractivity contribution < 1.29 is 14.5 Å². The van der Waals surface area contributed by atoms with Crippen LogP contribution in [-0.2, 0) is 17.8 Å². The summed E-state index contributed by atoms with van der Waals surface area (Å²) < 4.78 is 5.50. The maximum atomic E-state index is 11.1. The second kappa shape index (κ2) is 9.47. The largest absolute Gasteiger partial charge is 0.339 e. The van der Waals surface area contributed by atoms with Crippen LogP contribution in [0, 0.1) is 0 Å². The van der Waals surface area contributed by atoms with Crippen molar-refractivity contribution in [3.8, 4) is 11.4 Å². The quantitative estimate of drug-likeness (QED) is 0.356. The van der Waals surface area contributed by atoms with E-state index in [1.807, 2.05) is 42.5 Å². The van der Waals surface area contributed by atoms with Crippen LogP contribution in [0.5, 0.6) is 0 Å². The molecule has 2 heterocycles. The van der Waals surface area contributed by atoms with Crippen molar-refractivity contribution in [3.05, 3.63) is 77.7 Å². The molecule has 1 aliphatic rings. The van der Waals surface area contributed by atoms with Gasteiger partial charge in [-0.3, -0.25) is 14.9 Å². The Labute approximate surface area is 175 Å². The highest BCUT2D eigenvalue weighted by molar-refractivity contribution is 5.90. The first-order chi connectivity index (χ1) is 14.7. The molecule has 30 heavy (non-hydrogen) atoms. The molecule has 7 heteroatoms. The van der Waals surface area contributed by atoms with Gasteiger partial charge in [-0.1, -0.05) is 59.8 Å². The van der Waals surface area contributed by atoms with Crippen LogP contribution < -0.4 is 5.48 Å². The minimum absolute atomic E-state index is 0.377. The number of nitrogens with zero attached hydrogens (tertiary/aromatic N) is 3. The first-order valence-electron chi connectivity index (χ1n) is 10.0. The Morgan fingerprint density at radius 3 is 2.77 bits per heavy atom. The monoisotopic (exact) mass is 404 g/mol. The number of benzene rings is 2. The first-order valence-corrected chi connectivity index (χ1v) is 10.0. The Hall–Kier alpha value is -3.29. The normalized spacial score (nSPS) is 16.9. The van der Waals surface area contributed by atoms with Gasteiger partial charge >= 0.3 is 0 Å². The average molecular weight is 404 g/mol. The smallest absolute Gasteiger partial charge is 0.267 e. The van der Waals surface area contributed by atoms with Gasteiger partial charge in [-0.2, -0.15) is 4.98 Å². The van der Waals surface area contributed by atoms with E-state index in [1.165, 1.54) is 11.6 Å². The molecule has 154 valence electrons. The van der Waals surface area contributed by atoms with Gasteiger partial charge in [0, 0.05) is 30.6 Å². The number of hydroxylamine groups is 1. The van der Waals surface area contributed by atoms with Crippen molar-refractivity contribution in [1.82, 2.24) is 20.5 Å². The fourth-order valence-corrected chi connectivity index (χ4v) is 3.76. The van der Waals surface area contributed by atoms with E-state index in [1.54, 1.807) is 11.6 Å². The van der Waals surface area contributed by atoms with Gasteiger partial charge in [-0.05, 0) is 36.6 Å². The molecule has 1 fully saturated rings. The zero-order chi connectivity index (χ0) is 20.8. The van der Waals surface area contributed by atoms with E-state index in [-0.39, 0.29) is 0 Å². The Bertz CT molecular complexity index is 999. The molecule has 0 bridgehead atoms. The fraction of sp³-hybridized carbons (Fsp3) is 0.261. The third kappa shape index (κ3) is 5.00. The van der Waals surface area contributed by atoms with Crippen LogP contribution in [0.25, 0.3) is 17.5 Å². The van der Waals surface area contributed by atoms with Crippen LogP contribution >= 0.6 is 0 Å². The summed E-state index contributed by atoms with van der Waals surface area (Å²) in [5.74, 6) is 0.762. The lowest BCUT2D eigenvalue weighted by Crippen LogP contribution is -2.30. The second-order valence-corrected chi connectivity index (χ2v) is 7.40. The summed E-state index contributed by atoms with van der Waals surface area (Å²) in [5.41, 5.74) is 4.65. The summed E-state index contributed by atoms with van der Waals surface area (Å²) in [5, 5.41) is 12.7. The van der Waals surface area contributed by atoms with Crippen LogP contribution in [0.3, 0.4) is 0 Å². The molecule has 0 aliphatic carbocycles. The molecular formula is C23H24N4O3. The number of aromatic nitrogens is 2. The number of likely N-dealkylation sites (tertiary alicyclic amines) is 1. The van der Waals surface area contributed by atoms with E-state index in [0.717, 1.165) is 43.5 Å². The van der Waals surface area contributed by atoms with Gasteiger partial charge in [0.15, 0.2) is 0 Å². The minimum Gasteiger partial charge on any atom is -0.339 e. The summed E-state index contributed by atoms with van der Waals surface area (Å²) in [4.78, 5) is 18.1. The maximum Gasteiger partial charge on any atom is 0.267 e. The first kappa shape index (κ1) is 20.0. The lowest BCUT2D eigenvalue weighted by atomic mass is 10.1. The molecule has 3 aromatic rings. The van der Waals surface area contributed by atoms with Gasteiger partial charge < -0.3 is 4.52 Å². The predicted molar refractivity (Wildman–Crippen MR) is 112 cm³/mol. The number of rotatable bonds is 7. The number of nitrogens with one attached hydrogen (secondary N) is 1. The molecule has 1 amide bonds. The van der Waals surface area contributed by atoms with Gasteiger partial charge in [0.2, 0.25) is 11.7 Å². The molecule has 0 radical (unpaired) electrons. The Morgan fingerprint density at radius 2 is 2.00 bits per heavy atom. The number of amides is 1. The zero-order valence-electron chi connectivity index (χ0n) is 16.6. The fourth-order valence-electron chi connectivity index (χ4n) is 3.76. The molecule has 1 unspecified atom stereocenters. The van der Waals surface area contributed by atoms with E-state index in [4.69, 9.17) is 9.73 Å². The molecule has 7 nitrogen and oxygen atoms in total. The number of carbonyl (C=O) groups excluding carboxylic acids is 1. The lowest BCUT2D eigenvalue weighted by Gasteiger charge is -2.23. The second-order valence-electron chi connectivity index (χ2n) is 7.40. The maximum absolute atomic E-state index is 11.1. The van der Waals surface area contributed by atoms with Crippen molar-refractivity contribution in [1.29, 1.82) is 0 Å². The SMILES string of the molecule is O=C(/C=C/c1ccc(CN2CCCC2Cc2nc(-c3ccccc3)no2)cc1)NO. The van der Waals surface area contributed by atoms with Crippen molar-refractivity contribution in [2.24, 2.45) is 0 Å². The van der Waals surface area contributed by atoms with E-state index in [9.17, 15) is 4.79 Å². The summed E-state index contributed by atoms with van der Waals surface area (Å²) in [6, 6.07) is 18.3. The summed E-state index contributed by atoms with van der Waals surface area (Å²) in [6.45, 7) is 1.90. The molecule has 1 saturated heterocycles. The molecule has 0 saturated carbocycles. The van der Waals surface area contributed by atoms with Gasteiger partial charge in [0.05, 0.1) is 0 Å². The van der Waals surface area contributed by atoms with E-state index >= 15 is 0 Å². The van der Waals surface area contributed by atoms with Gasteiger partial charge in [-0.25, -0.2) is 5.48 Å². The molecule has 0 spiro atoms. The highest BCUT2D eigenvalue weighted by Crippen LogP contribution is 2.24. The topological polar surface area (TPSA) is 91.5 Å². The van der Waals surface area contributed by atoms with E-state index in [2.05, 4.69) is 27.2 Å². The van der Waals surface area contributed by atoms with Crippen molar-refractivity contribution in [3.63, 3.8) is 0 Å². The third-order valence-corrected chi connectivity index (χ3v) is 5.31. The van der Waals surface area contributed by atoms with Crippen molar-refractivity contribution in [2.75, 3.05) is 6.54 Å². The highest BCUT2D eigenvalue weighted by atomic mass is 16.5. The standard InChI is InChI=1S/C23H24N4O3/c28-21(25-29)13-12-17-8-10-18(11-9-17)16-27-14-4-7-20(27)15-22-24-23(26-30-22)19-5-2-1-3-6-19/h1-3,5-6,8-13,20,29H,4,7,14-16H2,(H,25,28)/b13-12+. The summed E-state index contributed by atoms with van der Waals surface area (Å²) in [7, 11) is 0. The predicted octanol–water partition coefficient (Wildman–Crippen LogP) is 3.46. The summed E-state index contributed by atoms with van der Waals surface area (Å²) >= 11 is 0. The van der Waals surface area contributed by atoms with Crippen LogP contribution in [0.15, 0.2) is 65.2 Å². The van der Waals surface area contributed by atoms with E-state index in [0.29, 0.717) is 17.8 Å². The number of hydrogen-bond acceptors (Lipinski definition) is 6. The van der Waals surface area contributed by atoms with Gasteiger partial charge in [-0.15, -0.1) is 0 Å². The molecule has 4 rings (SSSR count). The average Bonchev–Trinajstić information content (AvgIpc) is 3.44. The molecular weight excluding hydrogens is 380 g/mol. The van der Waals surface area contributed by atoms with Crippen LogP contribution in [0.1, 0.15) is 29.9 Å². The highest BCUT2D eigenvalue weighted by Gasteiger charge is 2.26. The Morgan fingerprint density at radius 1 is 1.20 bits per heavy atom. The van der Waals surface area contributed by atoms with Gasteiger partial charge in [0.25, 0.3) is 5.91 Å². The molecule has 2 aromatic carbocycles. The molecule has 1 aromatic heterocycles. The minimum atomic E-state index is -0.546. The van der Waals surface area contributed by atoms with Crippen LogP contribution in [0.2, 0.25) is 0 Å². The molecule has 1 atom stereocenters. The van der Waals surface area contributed by atoms with Crippen LogP contribution in [-0.4, -0.2) is 38.7 Å². The Balaban J connectivity index is 1.37. The number of carbonyl (C=O) groups is 1. The van der Waals surface area contributed by atoms with Gasteiger partial charge in [0.1, 0.15) is 0 Å². The van der Waals surface area contributed by atoms with Crippen molar-refractivity contribution in [2.45, 2.75) is 31.8 Å². The zero-order valence-corrected chi connectivity index (χ0v) is 16.6.